The fourth-order valence-electron chi connectivity index (χ4n) is 1.88. The van der Waals surface area contributed by atoms with Crippen LogP contribution in [0.2, 0.25) is 0 Å². The number of carbonyl (C=O) groups is 1. The van der Waals surface area contributed by atoms with Crippen molar-refractivity contribution < 1.29 is 19.4 Å². The van der Waals surface area contributed by atoms with E-state index in [9.17, 15) is 9.90 Å². The highest BCUT2D eigenvalue weighted by Gasteiger charge is 2.22. The number of aliphatic hydroxyl groups is 1. The van der Waals surface area contributed by atoms with Crippen molar-refractivity contribution in [2.75, 3.05) is 6.61 Å². The molecule has 1 aromatic rings. The Kier molecular flexibility index (Phi) is 5.80. The number of hydrogen-bond donors (Lipinski definition) is 1. The number of rotatable bonds is 5. The second-order valence-electron chi connectivity index (χ2n) is 5.40. The quantitative estimate of drug-likeness (QED) is 0.542. The van der Waals surface area contributed by atoms with Crippen LogP contribution in [0.1, 0.15) is 20.3 Å². The van der Waals surface area contributed by atoms with Gasteiger partial charge in [-0.15, -0.1) is 0 Å². The van der Waals surface area contributed by atoms with Crippen LogP contribution in [0.15, 0.2) is 53.0 Å². The van der Waals surface area contributed by atoms with Crippen molar-refractivity contribution in [3.63, 3.8) is 0 Å². The predicted octanol–water partition coefficient (Wildman–Crippen LogP) is 3.78. The van der Waals surface area contributed by atoms with Gasteiger partial charge in [-0.3, -0.25) is 4.79 Å². The van der Waals surface area contributed by atoms with Crippen molar-refractivity contribution in [2.45, 2.75) is 26.1 Å². The highest BCUT2D eigenvalue weighted by molar-refractivity contribution is 9.10. The predicted molar refractivity (Wildman–Crippen MR) is 90.8 cm³/mol. The Labute approximate surface area is 143 Å². The van der Waals surface area contributed by atoms with Crippen LogP contribution in [0.25, 0.3) is 0 Å². The number of ether oxygens (including phenoxy) is 2. The molecule has 0 heterocycles. The Morgan fingerprint density at radius 1 is 1.17 bits per heavy atom. The van der Waals surface area contributed by atoms with Crippen LogP contribution < -0.4 is 4.74 Å². The average Bonchev–Trinajstić information content (AvgIpc) is 2.42. The third-order valence-corrected chi connectivity index (χ3v) is 3.72. The standard InChI is InChI=1S/C12H15BrO4.C6H4/c1-9(14)16-7-6-12(2,15)17-11-5-3-4-10(13)8-11;1-2-6-4-3-5(1)6/h3-5,8,15H,6-7H2,1-2H3;1-4H. The minimum atomic E-state index is -1.36. The summed E-state index contributed by atoms with van der Waals surface area (Å²) in [5.74, 6) is -1.19. The molecule has 0 saturated heterocycles. The van der Waals surface area contributed by atoms with Crippen molar-refractivity contribution >= 4 is 21.9 Å². The van der Waals surface area contributed by atoms with E-state index >= 15 is 0 Å². The van der Waals surface area contributed by atoms with E-state index in [0.29, 0.717) is 5.75 Å². The summed E-state index contributed by atoms with van der Waals surface area (Å²) in [5, 5.41) is 12.8. The van der Waals surface area contributed by atoms with Crippen LogP contribution in [-0.2, 0) is 9.53 Å². The first kappa shape index (κ1) is 17.5. The zero-order chi connectivity index (χ0) is 16.9. The summed E-state index contributed by atoms with van der Waals surface area (Å²) in [6.45, 7) is 2.97. The first-order chi connectivity index (χ1) is 10.9. The largest absolute Gasteiger partial charge is 0.466 e. The summed E-state index contributed by atoms with van der Waals surface area (Å²) in [6.07, 6.45) is 0.207. The van der Waals surface area contributed by atoms with E-state index in [1.165, 1.54) is 24.3 Å². The van der Waals surface area contributed by atoms with Crippen LogP contribution in [0.5, 0.6) is 5.75 Å². The molecule has 1 N–H and O–H groups in total. The van der Waals surface area contributed by atoms with Gasteiger partial charge in [0.15, 0.2) is 0 Å². The lowest BCUT2D eigenvalue weighted by Crippen LogP contribution is -2.33. The molecule has 0 fully saturated rings. The Balaban J connectivity index is 0.000000260. The summed E-state index contributed by atoms with van der Waals surface area (Å²) in [7, 11) is 0. The highest BCUT2D eigenvalue weighted by Crippen LogP contribution is 2.22. The number of benzene rings is 2. The van der Waals surface area contributed by atoms with Gasteiger partial charge in [-0.2, -0.15) is 0 Å². The molecule has 5 heteroatoms. The summed E-state index contributed by atoms with van der Waals surface area (Å²) in [6, 6.07) is 15.6. The van der Waals surface area contributed by atoms with E-state index < -0.39 is 5.79 Å². The van der Waals surface area contributed by atoms with E-state index in [0.717, 1.165) is 4.47 Å². The molecule has 122 valence electrons. The maximum atomic E-state index is 10.6. The molecule has 0 aromatic heterocycles. The Hall–Kier alpha value is -1.85. The van der Waals surface area contributed by atoms with Crippen molar-refractivity contribution in [2.24, 2.45) is 0 Å². The molecule has 1 atom stereocenters. The SMILES string of the molecule is CC(=O)OCCC(C)(O)Oc1cccc(Br)c1.c1cc2ccc1=2. The van der Waals surface area contributed by atoms with Gasteiger partial charge >= 0.3 is 5.97 Å². The molecule has 0 amide bonds. The maximum absolute atomic E-state index is 10.6. The number of carbonyl (C=O) groups excluding carboxylic acids is 1. The molecule has 1 unspecified atom stereocenters. The molecule has 0 radical (unpaired) electrons. The van der Waals surface area contributed by atoms with Crippen molar-refractivity contribution in [3.8, 4) is 5.75 Å². The van der Waals surface area contributed by atoms with E-state index in [2.05, 4.69) is 40.2 Å². The van der Waals surface area contributed by atoms with Gasteiger partial charge in [0.05, 0.1) is 6.61 Å². The minimum Gasteiger partial charge on any atom is -0.466 e. The van der Waals surface area contributed by atoms with Gasteiger partial charge in [0.25, 0.3) is 0 Å². The van der Waals surface area contributed by atoms with Gasteiger partial charge < -0.3 is 14.6 Å². The lowest BCUT2D eigenvalue weighted by molar-refractivity contribution is -0.153. The van der Waals surface area contributed by atoms with Crippen LogP contribution in [0, 0.1) is 10.4 Å². The summed E-state index contributed by atoms with van der Waals surface area (Å²) < 4.78 is 11.0. The number of hydrogen-bond acceptors (Lipinski definition) is 4. The minimum absolute atomic E-state index is 0.121. The fourth-order valence-corrected chi connectivity index (χ4v) is 2.26. The second kappa shape index (κ2) is 7.62. The normalized spacial score (nSPS) is 13.2. The first-order valence-corrected chi connectivity index (χ1v) is 8.06. The molecule has 1 aromatic carbocycles. The maximum Gasteiger partial charge on any atom is 0.302 e. The molecule has 4 nitrogen and oxygen atoms in total. The van der Waals surface area contributed by atoms with E-state index in [1.807, 2.05) is 12.1 Å². The monoisotopic (exact) mass is 378 g/mol. The molecule has 0 bridgehead atoms. The van der Waals surface area contributed by atoms with Gasteiger partial charge in [-0.1, -0.05) is 46.3 Å². The number of halogens is 1. The molecule has 3 rings (SSSR count). The van der Waals surface area contributed by atoms with Gasteiger partial charge in [0.2, 0.25) is 5.79 Å². The van der Waals surface area contributed by atoms with Crippen LogP contribution in [-0.4, -0.2) is 23.5 Å². The van der Waals surface area contributed by atoms with E-state index in [-0.39, 0.29) is 19.0 Å². The third-order valence-electron chi connectivity index (χ3n) is 3.22. The van der Waals surface area contributed by atoms with E-state index in [4.69, 9.17) is 9.47 Å². The molecular weight excluding hydrogens is 360 g/mol. The molecule has 23 heavy (non-hydrogen) atoms. The van der Waals surface area contributed by atoms with Crippen molar-refractivity contribution in [1.82, 2.24) is 0 Å². The average molecular weight is 379 g/mol. The molecule has 2 aliphatic rings. The zero-order valence-corrected chi connectivity index (χ0v) is 14.7. The summed E-state index contributed by atoms with van der Waals surface area (Å²) in [4.78, 5) is 10.6. The van der Waals surface area contributed by atoms with Gasteiger partial charge in [0.1, 0.15) is 5.75 Å². The lowest BCUT2D eigenvalue weighted by Gasteiger charge is -2.24. The van der Waals surface area contributed by atoms with Gasteiger partial charge in [0, 0.05) is 24.7 Å². The zero-order valence-electron chi connectivity index (χ0n) is 13.1. The lowest BCUT2D eigenvalue weighted by atomic mass is 10.1. The second-order valence-corrected chi connectivity index (χ2v) is 6.32. The van der Waals surface area contributed by atoms with Crippen LogP contribution in [0.3, 0.4) is 0 Å². The van der Waals surface area contributed by atoms with E-state index in [1.54, 1.807) is 12.1 Å². The number of esters is 1. The summed E-state index contributed by atoms with van der Waals surface area (Å²) >= 11 is 3.31. The Morgan fingerprint density at radius 3 is 2.22 bits per heavy atom. The topological polar surface area (TPSA) is 55.8 Å². The van der Waals surface area contributed by atoms with Crippen LogP contribution >= 0.6 is 15.9 Å². The Morgan fingerprint density at radius 2 is 1.78 bits per heavy atom. The van der Waals surface area contributed by atoms with Crippen molar-refractivity contribution in [1.29, 1.82) is 0 Å². The molecule has 2 aliphatic carbocycles. The van der Waals surface area contributed by atoms with Crippen LogP contribution in [0.4, 0.5) is 0 Å². The third kappa shape index (κ3) is 5.69. The highest BCUT2D eigenvalue weighted by atomic mass is 79.9. The molecular formula is C18H19BrO4. The smallest absolute Gasteiger partial charge is 0.302 e. The molecule has 0 spiro atoms. The van der Waals surface area contributed by atoms with Crippen molar-refractivity contribution in [3.05, 3.63) is 63.4 Å². The summed E-state index contributed by atoms with van der Waals surface area (Å²) in [5.41, 5.74) is 0. The molecule has 0 aliphatic heterocycles. The molecule has 0 saturated carbocycles. The first-order valence-electron chi connectivity index (χ1n) is 7.26. The Bertz CT molecular complexity index is 720. The van der Waals surface area contributed by atoms with Gasteiger partial charge in [-0.05, 0) is 28.6 Å². The fraction of sp³-hybridized carbons (Fsp3) is 0.278. The van der Waals surface area contributed by atoms with Gasteiger partial charge in [-0.25, -0.2) is 0 Å².